The molecular formula is C15H19NO3. The van der Waals surface area contributed by atoms with Crippen molar-refractivity contribution in [2.45, 2.75) is 25.8 Å². The van der Waals surface area contributed by atoms with Gasteiger partial charge in [-0.25, -0.2) is 0 Å². The van der Waals surface area contributed by atoms with E-state index in [1.807, 2.05) is 0 Å². The molecule has 4 nitrogen and oxygen atoms in total. The Balaban J connectivity index is 2.00. The van der Waals surface area contributed by atoms with Gasteiger partial charge in [-0.3, -0.25) is 4.90 Å². The Morgan fingerprint density at radius 3 is 2.89 bits per heavy atom. The van der Waals surface area contributed by atoms with Crippen molar-refractivity contribution in [1.29, 1.82) is 0 Å². The zero-order chi connectivity index (χ0) is 13.4. The fraction of sp³-hybridized carbons (Fsp3) is 0.467. The molecule has 3 rings (SSSR count). The van der Waals surface area contributed by atoms with Crippen LogP contribution in [0.3, 0.4) is 0 Å². The van der Waals surface area contributed by atoms with E-state index in [9.17, 15) is 10.2 Å². The first-order valence-electron chi connectivity index (χ1n) is 6.84. The number of ether oxygens (including phenoxy) is 1. The van der Waals surface area contributed by atoms with Crippen LogP contribution in [0.15, 0.2) is 18.2 Å². The number of rotatable bonds is 2. The number of hydrogen-bond acceptors (Lipinski definition) is 4. The van der Waals surface area contributed by atoms with Crippen LogP contribution >= 0.6 is 0 Å². The Labute approximate surface area is 112 Å². The van der Waals surface area contributed by atoms with Crippen molar-refractivity contribution in [3.8, 4) is 17.2 Å². The number of nitrogens with zero attached hydrogens (tertiary/aromatic N) is 1. The van der Waals surface area contributed by atoms with Gasteiger partial charge in [0.1, 0.15) is 12.4 Å². The summed E-state index contributed by atoms with van der Waals surface area (Å²) in [5, 5.41) is 19.2. The maximum absolute atomic E-state index is 9.69. The minimum atomic E-state index is -0.126. The van der Waals surface area contributed by atoms with Crippen LogP contribution in [-0.4, -0.2) is 40.9 Å². The van der Waals surface area contributed by atoms with E-state index in [0.717, 1.165) is 31.5 Å². The molecule has 2 aliphatic rings. The van der Waals surface area contributed by atoms with Crippen LogP contribution in [0.1, 0.15) is 25.3 Å². The van der Waals surface area contributed by atoms with Crippen molar-refractivity contribution in [2.75, 3.05) is 19.7 Å². The largest absolute Gasteiger partial charge is 0.504 e. The molecule has 0 saturated carbocycles. The molecule has 0 amide bonds. The molecule has 102 valence electrons. The van der Waals surface area contributed by atoms with Gasteiger partial charge in [0.05, 0.1) is 6.04 Å². The summed E-state index contributed by atoms with van der Waals surface area (Å²) in [4.78, 5) is 2.43. The lowest BCUT2D eigenvalue weighted by Gasteiger charge is -2.39. The summed E-state index contributed by atoms with van der Waals surface area (Å²) >= 11 is 0. The van der Waals surface area contributed by atoms with Gasteiger partial charge in [-0.2, -0.15) is 0 Å². The summed E-state index contributed by atoms with van der Waals surface area (Å²) in [5.41, 5.74) is 2.13. The van der Waals surface area contributed by atoms with Gasteiger partial charge in [-0.15, -0.1) is 0 Å². The predicted molar refractivity (Wildman–Crippen MR) is 73.5 cm³/mol. The third-order valence-electron chi connectivity index (χ3n) is 3.88. The van der Waals surface area contributed by atoms with Gasteiger partial charge >= 0.3 is 0 Å². The first-order chi connectivity index (χ1) is 9.20. The Bertz CT molecular complexity index is 524. The summed E-state index contributed by atoms with van der Waals surface area (Å²) in [6, 6.07) is 3.38. The number of hydrogen-bond donors (Lipinski definition) is 2. The molecule has 0 aliphatic carbocycles. The first kappa shape index (κ1) is 12.4. The van der Waals surface area contributed by atoms with E-state index >= 15 is 0 Å². The second-order valence-corrected chi connectivity index (χ2v) is 5.15. The zero-order valence-electron chi connectivity index (χ0n) is 11.1. The fourth-order valence-corrected chi connectivity index (χ4v) is 2.99. The molecule has 0 aromatic heterocycles. The Morgan fingerprint density at radius 1 is 1.32 bits per heavy atom. The second-order valence-electron chi connectivity index (χ2n) is 5.15. The lowest BCUT2D eigenvalue weighted by Crippen LogP contribution is -2.45. The van der Waals surface area contributed by atoms with Gasteiger partial charge in [0.2, 0.25) is 0 Å². The van der Waals surface area contributed by atoms with Crippen molar-refractivity contribution in [1.82, 2.24) is 4.90 Å². The highest BCUT2D eigenvalue weighted by Crippen LogP contribution is 2.42. The number of phenolic OH excluding ortho intramolecular Hbond substituents is 2. The van der Waals surface area contributed by atoms with E-state index in [2.05, 4.69) is 17.9 Å². The van der Waals surface area contributed by atoms with E-state index < -0.39 is 0 Å². The minimum absolute atomic E-state index is 0.0866. The fourth-order valence-electron chi connectivity index (χ4n) is 2.99. The topological polar surface area (TPSA) is 52.9 Å². The van der Waals surface area contributed by atoms with Crippen LogP contribution in [0.25, 0.3) is 5.57 Å². The van der Waals surface area contributed by atoms with Gasteiger partial charge < -0.3 is 14.9 Å². The lowest BCUT2D eigenvalue weighted by atomic mass is 9.90. The average molecular weight is 261 g/mol. The highest BCUT2D eigenvalue weighted by atomic mass is 16.5. The summed E-state index contributed by atoms with van der Waals surface area (Å²) in [6.07, 6.45) is 4.37. The van der Waals surface area contributed by atoms with Crippen molar-refractivity contribution in [2.24, 2.45) is 0 Å². The molecule has 4 heteroatoms. The number of benzene rings is 1. The van der Waals surface area contributed by atoms with E-state index in [1.165, 1.54) is 11.6 Å². The number of phenols is 2. The molecule has 1 unspecified atom stereocenters. The SMILES string of the molecule is CCCN1CCC=C2c3cc(O)c(O)cc3OCC21. The molecule has 0 fully saturated rings. The normalized spacial score (nSPS) is 22.2. The highest BCUT2D eigenvalue weighted by molar-refractivity contribution is 5.78. The standard InChI is InChI=1S/C15H19NO3/c1-2-5-16-6-3-4-10-11-7-13(17)14(18)8-15(11)19-9-12(10)16/h4,7-8,12,17-18H,2-3,5-6,9H2,1H3. The molecule has 19 heavy (non-hydrogen) atoms. The van der Waals surface area contributed by atoms with Crippen LogP contribution in [-0.2, 0) is 0 Å². The van der Waals surface area contributed by atoms with E-state index in [-0.39, 0.29) is 17.5 Å². The van der Waals surface area contributed by atoms with Crippen LogP contribution in [0, 0.1) is 0 Å². The number of aromatic hydroxyl groups is 2. The lowest BCUT2D eigenvalue weighted by molar-refractivity contribution is 0.156. The van der Waals surface area contributed by atoms with Gasteiger partial charge in [0, 0.05) is 18.2 Å². The van der Waals surface area contributed by atoms with Crippen LogP contribution in [0.4, 0.5) is 0 Å². The van der Waals surface area contributed by atoms with E-state index in [1.54, 1.807) is 6.07 Å². The molecule has 1 aromatic carbocycles. The molecule has 2 N–H and O–H groups in total. The summed E-state index contributed by atoms with van der Waals surface area (Å²) in [6.45, 7) is 4.91. The third-order valence-corrected chi connectivity index (χ3v) is 3.88. The van der Waals surface area contributed by atoms with Gasteiger partial charge in [0.15, 0.2) is 11.5 Å². The highest BCUT2D eigenvalue weighted by Gasteiger charge is 2.32. The van der Waals surface area contributed by atoms with Crippen molar-refractivity contribution in [3.63, 3.8) is 0 Å². The summed E-state index contributed by atoms with van der Waals surface area (Å²) in [7, 11) is 0. The summed E-state index contributed by atoms with van der Waals surface area (Å²) in [5.74, 6) is 0.451. The van der Waals surface area contributed by atoms with Gasteiger partial charge in [0.25, 0.3) is 0 Å². The van der Waals surface area contributed by atoms with Crippen LogP contribution in [0.2, 0.25) is 0 Å². The Kier molecular flexibility index (Phi) is 3.11. The van der Waals surface area contributed by atoms with E-state index in [0.29, 0.717) is 12.4 Å². The molecule has 2 aliphatic heterocycles. The Hall–Kier alpha value is -1.68. The predicted octanol–water partition coefficient (Wildman–Crippen LogP) is 2.36. The molecule has 0 radical (unpaired) electrons. The molecule has 0 spiro atoms. The van der Waals surface area contributed by atoms with Gasteiger partial charge in [-0.05, 0) is 31.0 Å². The van der Waals surface area contributed by atoms with Crippen molar-refractivity contribution in [3.05, 3.63) is 23.8 Å². The minimum Gasteiger partial charge on any atom is -0.504 e. The zero-order valence-corrected chi connectivity index (χ0v) is 11.1. The number of fused-ring (bicyclic) bond motifs is 3. The quantitative estimate of drug-likeness (QED) is 0.802. The maximum atomic E-state index is 9.69. The molecule has 1 aromatic rings. The monoisotopic (exact) mass is 261 g/mol. The molecule has 1 atom stereocenters. The molecule has 2 heterocycles. The molecular weight excluding hydrogens is 242 g/mol. The van der Waals surface area contributed by atoms with Crippen LogP contribution < -0.4 is 4.74 Å². The smallest absolute Gasteiger partial charge is 0.161 e. The van der Waals surface area contributed by atoms with E-state index in [4.69, 9.17) is 4.74 Å². The average Bonchev–Trinajstić information content (AvgIpc) is 2.41. The second kappa shape index (κ2) is 4.78. The molecule has 0 bridgehead atoms. The maximum Gasteiger partial charge on any atom is 0.161 e. The Morgan fingerprint density at radius 2 is 2.11 bits per heavy atom. The van der Waals surface area contributed by atoms with Crippen molar-refractivity contribution < 1.29 is 14.9 Å². The summed E-state index contributed by atoms with van der Waals surface area (Å²) < 4.78 is 5.75. The van der Waals surface area contributed by atoms with Crippen LogP contribution in [0.5, 0.6) is 17.2 Å². The first-order valence-corrected chi connectivity index (χ1v) is 6.84. The van der Waals surface area contributed by atoms with Gasteiger partial charge in [-0.1, -0.05) is 13.0 Å². The van der Waals surface area contributed by atoms with Crippen molar-refractivity contribution >= 4 is 5.57 Å². The molecule has 0 saturated heterocycles. The third kappa shape index (κ3) is 2.06.